The molecule has 184 valence electrons. The summed E-state index contributed by atoms with van der Waals surface area (Å²) >= 11 is 0. The fraction of sp³-hybridized carbons (Fsp3) is 0.519. The van der Waals surface area contributed by atoms with Crippen LogP contribution in [-0.4, -0.2) is 37.3 Å². The summed E-state index contributed by atoms with van der Waals surface area (Å²) < 4.78 is 34.8. The van der Waals surface area contributed by atoms with Gasteiger partial charge in [0.2, 0.25) is 10.0 Å². The minimum atomic E-state index is -3.65. The maximum absolute atomic E-state index is 13.4. The van der Waals surface area contributed by atoms with Crippen LogP contribution >= 0.6 is 0 Å². The Morgan fingerprint density at radius 3 is 2.41 bits per heavy atom. The van der Waals surface area contributed by atoms with Gasteiger partial charge in [0.25, 0.3) is 5.91 Å². The van der Waals surface area contributed by atoms with Crippen LogP contribution in [0.5, 0.6) is 5.75 Å². The van der Waals surface area contributed by atoms with Gasteiger partial charge >= 0.3 is 0 Å². The highest BCUT2D eigenvalue weighted by atomic mass is 32.2. The second-order valence-corrected chi connectivity index (χ2v) is 11.5. The van der Waals surface area contributed by atoms with Gasteiger partial charge in [-0.25, -0.2) is 8.42 Å². The molecule has 2 aromatic carbocycles. The second kappa shape index (κ2) is 10.1. The average molecular weight is 485 g/mol. The maximum atomic E-state index is 13.4. The molecule has 0 radical (unpaired) electrons. The summed E-state index contributed by atoms with van der Waals surface area (Å²) in [6.07, 6.45) is 6.21. The largest absolute Gasteiger partial charge is 0.487 e. The number of hydrogen-bond acceptors (Lipinski definition) is 4. The smallest absolute Gasteiger partial charge is 0.251 e. The van der Waals surface area contributed by atoms with Crippen LogP contribution in [0.25, 0.3) is 0 Å². The van der Waals surface area contributed by atoms with E-state index >= 15 is 0 Å². The number of benzene rings is 2. The van der Waals surface area contributed by atoms with Crippen molar-refractivity contribution in [3.05, 3.63) is 59.2 Å². The van der Waals surface area contributed by atoms with E-state index in [-0.39, 0.29) is 22.4 Å². The van der Waals surface area contributed by atoms with Crippen LogP contribution < -0.4 is 10.1 Å². The lowest BCUT2D eigenvalue weighted by Crippen LogP contribution is -2.44. The van der Waals surface area contributed by atoms with Crippen molar-refractivity contribution in [1.29, 1.82) is 0 Å². The number of ether oxygens (including phenoxy) is 1. The van der Waals surface area contributed by atoms with Crippen LogP contribution in [-0.2, 0) is 10.0 Å². The van der Waals surface area contributed by atoms with E-state index in [1.165, 1.54) is 0 Å². The fourth-order valence-corrected chi connectivity index (χ4v) is 6.88. The second-order valence-electron chi connectivity index (χ2n) is 9.56. The normalized spacial score (nSPS) is 20.6. The first-order chi connectivity index (χ1) is 16.3. The Hall–Kier alpha value is -2.38. The molecule has 2 aromatic rings. The van der Waals surface area contributed by atoms with Crippen LogP contribution in [0.3, 0.4) is 0 Å². The van der Waals surface area contributed by atoms with E-state index in [4.69, 9.17) is 4.74 Å². The highest BCUT2D eigenvalue weighted by Crippen LogP contribution is 2.42. The molecule has 2 aliphatic rings. The van der Waals surface area contributed by atoms with E-state index in [2.05, 4.69) is 19.2 Å². The number of amides is 1. The van der Waals surface area contributed by atoms with Gasteiger partial charge in [-0.3, -0.25) is 4.79 Å². The Balaban J connectivity index is 1.62. The molecule has 2 aliphatic heterocycles. The number of carbonyl (C=O) groups excluding carboxylic acids is 1. The highest BCUT2D eigenvalue weighted by Gasteiger charge is 2.39. The lowest BCUT2D eigenvalue weighted by molar-refractivity contribution is 0.0227. The first-order valence-electron chi connectivity index (χ1n) is 12.5. The lowest BCUT2D eigenvalue weighted by Gasteiger charge is -2.41. The van der Waals surface area contributed by atoms with Crippen molar-refractivity contribution in [3.63, 3.8) is 0 Å². The molecular formula is C27H36N2O4S. The predicted molar refractivity (Wildman–Crippen MR) is 134 cm³/mol. The van der Waals surface area contributed by atoms with Crippen LogP contribution in [0.15, 0.2) is 47.4 Å². The van der Waals surface area contributed by atoms with Crippen molar-refractivity contribution < 1.29 is 17.9 Å². The number of rotatable bonds is 6. The Bertz CT molecular complexity index is 1130. The monoisotopic (exact) mass is 484 g/mol. The van der Waals surface area contributed by atoms with Gasteiger partial charge in [0.15, 0.2) is 0 Å². The molecule has 0 aliphatic carbocycles. The molecule has 1 fully saturated rings. The fourth-order valence-electron chi connectivity index (χ4n) is 5.11. The molecule has 0 saturated carbocycles. The van der Waals surface area contributed by atoms with E-state index in [9.17, 15) is 13.2 Å². The van der Waals surface area contributed by atoms with Crippen LogP contribution in [0.1, 0.15) is 86.3 Å². The number of hydrogen-bond donors (Lipinski definition) is 1. The van der Waals surface area contributed by atoms with Crippen molar-refractivity contribution in [2.45, 2.75) is 82.3 Å². The van der Waals surface area contributed by atoms with Crippen molar-refractivity contribution >= 4 is 15.9 Å². The molecule has 6 nitrogen and oxygen atoms in total. The average Bonchev–Trinajstić information content (AvgIpc) is 3.14. The van der Waals surface area contributed by atoms with Gasteiger partial charge in [-0.15, -0.1) is 0 Å². The molecule has 1 saturated heterocycles. The van der Waals surface area contributed by atoms with E-state index in [1.807, 2.05) is 24.3 Å². The van der Waals surface area contributed by atoms with Gasteiger partial charge < -0.3 is 10.1 Å². The minimum absolute atomic E-state index is 0.204. The molecule has 34 heavy (non-hydrogen) atoms. The number of nitrogens with zero attached hydrogens (tertiary/aromatic N) is 1. The predicted octanol–water partition coefficient (Wildman–Crippen LogP) is 5.37. The SMILES string of the molecule is CCC1(CC)C[C@@H](NC(=O)c2ccc(C)c(S(=O)(=O)N3CCCCCC3)c2)c2ccccc2O1. The van der Waals surface area contributed by atoms with Crippen LogP contribution in [0.4, 0.5) is 0 Å². The van der Waals surface area contributed by atoms with Gasteiger partial charge in [-0.2, -0.15) is 4.31 Å². The lowest BCUT2D eigenvalue weighted by atomic mass is 9.83. The third kappa shape index (κ3) is 4.86. The molecule has 0 unspecified atom stereocenters. The zero-order valence-electron chi connectivity index (χ0n) is 20.5. The van der Waals surface area contributed by atoms with Crippen molar-refractivity contribution in [3.8, 4) is 5.75 Å². The van der Waals surface area contributed by atoms with Gasteiger partial charge in [-0.05, 0) is 56.4 Å². The molecule has 0 bridgehead atoms. The molecule has 4 rings (SSSR count). The number of nitrogens with one attached hydrogen (secondary N) is 1. The summed E-state index contributed by atoms with van der Waals surface area (Å²) in [6, 6.07) is 12.6. The zero-order valence-corrected chi connectivity index (χ0v) is 21.3. The summed E-state index contributed by atoms with van der Waals surface area (Å²) in [5.41, 5.74) is 1.65. The summed E-state index contributed by atoms with van der Waals surface area (Å²) in [5, 5.41) is 3.18. The summed E-state index contributed by atoms with van der Waals surface area (Å²) in [5.74, 6) is 0.534. The molecule has 2 heterocycles. The molecular weight excluding hydrogens is 448 g/mol. The number of para-hydroxylation sites is 1. The number of fused-ring (bicyclic) bond motifs is 1. The van der Waals surface area contributed by atoms with Gasteiger partial charge in [0, 0.05) is 30.6 Å². The zero-order chi connectivity index (χ0) is 24.3. The van der Waals surface area contributed by atoms with E-state index < -0.39 is 10.0 Å². The Morgan fingerprint density at radius 2 is 1.74 bits per heavy atom. The van der Waals surface area contributed by atoms with E-state index in [0.717, 1.165) is 49.8 Å². The first-order valence-corrected chi connectivity index (χ1v) is 13.9. The molecule has 1 amide bonds. The van der Waals surface area contributed by atoms with Crippen molar-refractivity contribution in [2.24, 2.45) is 0 Å². The van der Waals surface area contributed by atoms with Gasteiger partial charge in [-0.1, -0.05) is 51.0 Å². The highest BCUT2D eigenvalue weighted by molar-refractivity contribution is 7.89. The molecule has 0 aromatic heterocycles. The van der Waals surface area contributed by atoms with Gasteiger partial charge in [0.1, 0.15) is 11.4 Å². The Morgan fingerprint density at radius 1 is 1.06 bits per heavy atom. The molecule has 1 N–H and O–H groups in total. The Labute approximate surface area is 203 Å². The minimum Gasteiger partial charge on any atom is -0.487 e. The summed E-state index contributed by atoms with van der Waals surface area (Å²) in [4.78, 5) is 13.6. The number of carbonyl (C=O) groups is 1. The quantitative estimate of drug-likeness (QED) is 0.598. The third-order valence-corrected chi connectivity index (χ3v) is 9.46. The summed E-state index contributed by atoms with van der Waals surface area (Å²) in [6.45, 7) is 7.07. The van der Waals surface area contributed by atoms with Gasteiger partial charge in [0.05, 0.1) is 10.9 Å². The number of sulfonamides is 1. The summed E-state index contributed by atoms with van der Waals surface area (Å²) in [7, 11) is -3.65. The maximum Gasteiger partial charge on any atom is 0.251 e. The van der Waals surface area contributed by atoms with Crippen LogP contribution in [0.2, 0.25) is 0 Å². The van der Waals surface area contributed by atoms with Crippen LogP contribution in [0, 0.1) is 6.92 Å². The third-order valence-electron chi connectivity index (χ3n) is 7.42. The van der Waals surface area contributed by atoms with E-state index in [0.29, 0.717) is 30.6 Å². The Kier molecular flexibility index (Phi) is 7.33. The molecule has 1 atom stereocenters. The molecule has 0 spiro atoms. The molecule has 7 heteroatoms. The van der Waals surface area contributed by atoms with Crippen molar-refractivity contribution in [2.75, 3.05) is 13.1 Å². The standard InChI is InChI=1S/C27H36N2O4S/c1-4-27(5-2)19-23(22-12-8-9-13-24(22)33-27)28-26(30)21-15-14-20(3)25(18-21)34(31,32)29-16-10-6-7-11-17-29/h8-9,12-15,18,23H,4-7,10-11,16-17,19H2,1-3H3,(H,28,30)/t23-/m1/s1. The first kappa shape index (κ1) is 24.7. The number of aryl methyl sites for hydroxylation is 1. The van der Waals surface area contributed by atoms with E-state index in [1.54, 1.807) is 29.4 Å². The van der Waals surface area contributed by atoms with Crippen molar-refractivity contribution in [1.82, 2.24) is 9.62 Å². The topological polar surface area (TPSA) is 75.7 Å².